The molecule has 164 valence electrons. The highest BCUT2D eigenvalue weighted by Gasteiger charge is 2.44. The van der Waals surface area contributed by atoms with E-state index in [-0.39, 0.29) is 11.3 Å². The van der Waals surface area contributed by atoms with Gasteiger partial charge in [-0.15, -0.1) is 0 Å². The fourth-order valence-electron chi connectivity index (χ4n) is 3.78. The lowest BCUT2D eigenvalue weighted by atomic mass is 9.95. The number of ketones is 1. The second-order valence-corrected chi connectivity index (χ2v) is 7.30. The molecule has 0 radical (unpaired) electrons. The third kappa shape index (κ3) is 4.20. The molecule has 4 rings (SSSR count). The van der Waals surface area contributed by atoms with Crippen molar-refractivity contribution in [3.63, 3.8) is 0 Å². The third-order valence-corrected chi connectivity index (χ3v) is 5.21. The molecule has 3 aromatic rings. The van der Waals surface area contributed by atoms with Crippen molar-refractivity contribution < 1.29 is 23.8 Å². The summed E-state index contributed by atoms with van der Waals surface area (Å²) < 4.78 is 12.8. The van der Waals surface area contributed by atoms with Crippen molar-refractivity contribution in [3.05, 3.63) is 96.7 Å². The minimum absolute atomic E-state index is 0.00606. The summed E-state index contributed by atoms with van der Waals surface area (Å²) in [6.45, 7) is 4.94. The maximum Gasteiger partial charge on any atom is 0.290 e. The van der Waals surface area contributed by atoms with E-state index in [4.69, 9.17) is 9.15 Å². The van der Waals surface area contributed by atoms with Crippen LogP contribution < -0.4 is 4.74 Å². The van der Waals surface area contributed by atoms with Gasteiger partial charge in [0.05, 0.1) is 24.2 Å². The Kier molecular flexibility index (Phi) is 6.21. The van der Waals surface area contributed by atoms with Crippen LogP contribution in [-0.2, 0) is 11.3 Å². The number of carbonyl (C=O) groups is 2. The van der Waals surface area contributed by atoms with Crippen molar-refractivity contribution in [2.45, 2.75) is 19.0 Å². The number of aromatic nitrogens is 2. The number of nitrogens with zero attached hydrogens (tertiary/aromatic N) is 3. The Bertz CT molecular complexity index is 1130. The number of Topliss-reactive ketones (excluding diaryl/α,β-unsaturated/α-hetero) is 1. The summed E-state index contributed by atoms with van der Waals surface area (Å²) in [6, 6.07) is 9.46. The molecule has 2 aromatic heterocycles. The normalized spacial score (nSPS) is 15.9. The number of aryl methyl sites for hydroxylation is 1. The Morgan fingerprint density at radius 1 is 1.28 bits per heavy atom. The van der Waals surface area contributed by atoms with Gasteiger partial charge in [-0.1, -0.05) is 24.8 Å². The summed E-state index contributed by atoms with van der Waals surface area (Å²) in [6.07, 6.45) is 8.85. The van der Waals surface area contributed by atoms with Gasteiger partial charge in [0.1, 0.15) is 12.4 Å². The minimum atomic E-state index is -0.768. The van der Waals surface area contributed by atoms with E-state index in [9.17, 15) is 14.7 Å². The van der Waals surface area contributed by atoms with Gasteiger partial charge in [-0.2, -0.15) is 0 Å². The van der Waals surface area contributed by atoms with Gasteiger partial charge in [0.25, 0.3) is 5.91 Å². The lowest BCUT2D eigenvalue weighted by Gasteiger charge is -2.27. The largest absolute Gasteiger partial charge is 0.503 e. The zero-order valence-corrected chi connectivity index (χ0v) is 17.4. The molecule has 0 aliphatic carbocycles. The standard InChI is InChI=1S/C24H23N3O5/c1-2-13-31-18-7-3-6-17(15-18)21-20(22(28)19-8-4-14-32-19)23(29)24(30)27(21)11-5-10-26-12-9-25-16-26/h2-4,6-9,12,14-16,21,29H,1,5,10-11,13H2/t21-/m0/s1. The smallest absolute Gasteiger partial charge is 0.290 e. The number of imidazole rings is 1. The lowest BCUT2D eigenvalue weighted by Crippen LogP contribution is -2.32. The molecule has 32 heavy (non-hydrogen) atoms. The van der Waals surface area contributed by atoms with Crippen LogP contribution in [0.2, 0.25) is 0 Å². The predicted molar refractivity (Wildman–Crippen MR) is 116 cm³/mol. The van der Waals surface area contributed by atoms with E-state index in [0.29, 0.717) is 37.4 Å². The summed E-state index contributed by atoms with van der Waals surface area (Å²) >= 11 is 0. The molecule has 1 aliphatic heterocycles. The van der Waals surface area contributed by atoms with Gasteiger partial charge in [-0.3, -0.25) is 9.59 Å². The SMILES string of the molecule is C=CCOc1cccc([C@H]2C(C(=O)c3ccco3)=C(O)C(=O)N2CCCn2ccnc2)c1. The van der Waals surface area contributed by atoms with Gasteiger partial charge in [-0.05, 0) is 36.2 Å². The van der Waals surface area contributed by atoms with E-state index >= 15 is 0 Å². The zero-order chi connectivity index (χ0) is 22.5. The number of ether oxygens (including phenoxy) is 1. The van der Waals surface area contributed by atoms with Crippen LogP contribution in [-0.4, -0.2) is 44.4 Å². The zero-order valence-electron chi connectivity index (χ0n) is 17.4. The van der Waals surface area contributed by atoms with Crippen LogP contribution in [0.1, 0.15) is 28.6 Å². The quantitative estimate of drug-likeness (QED) is 0.387. The maximum absolute atomic E-state index is 13.2. The summed E-state index contributed by atoms with van der Waals surface area (Å²) in [7, 11) is 0. The Balaban J connectivity index is 1.67. The number of rotatable bonds is 10. The fourth-order valence-corrected chi connectivity index (χ4v) is 3.78. The molecule has 1 aliphatic rings. The molecule has 1 N–H and O–H groups in total. The molecule has 8 heteroatoms. The average molecular weight is 433 g/mol. The number of carbonyl (C=O) groups excluding carboxylic acids is 2. The summed E-state index contributed by atoms with van der Waals surface area (Å²) in [4.78, 5) is 31.7. The van der Waals surface area contributed by atoms with Crippen molar-refractivity contribution in [2.75, 3.05) is 13.2 Å². The summed E-state index contributed by atoms with van der Waals surface area (Å²) in [5.41, 5.74) is 0.648. The van der Waals surface area contributed by atoms with Gasteiger partial charge in [0.2, 0.25) is 5.78 Å². The lowest BCUT2D eigenvalue weighted by molar-refractivity contribution is -0.129. The number of amides is 1. The molecule has 3 heterocycles. The monoisotopic (exact) mass is 433 g/mol. The molecule has 8 nitrogen and oxygen atoms in total. The highest BCUT2D eigenvalue weighted by atomic mass is 16.5. The summed E-state index contributed by atoms with van der Waals surface area (Å²) in [5, 5.41) is 10.7. The van der Waals surface area contributed by atoms with Crippen LogP contribution in [0.25, 0.3) is 0 Å². The van der Waals surface area contributed by atoms with Gasteiger partial charge < -0.3 is 23.7 Å². The number of aliphatic hydroxyl groups is 1. The molecule has 0 unspecified atom stereocenters. The van der Waals surface area contributed by atoms with E-state index in [1.165, 1.54) is 17.2 Å². The molecule has 0 bridgehead atoms. The number of benzene rings is 1. The minimum Gasteiger partial charge on any atom is -0.503 e. The first-order valence-corrected chi connectivity index (χ1v) is 10.2. The first kappa shape index (κ1) is 21.2. The Labute approximate surface area is 185 Å². The Hall–Kier alpha value is -4.07. The number of hydrogen-bond donors (Lipinski definition) is 1. The van der Waals surface area contributed by atoms with E-state index in [0.717, 1.165) is 0 Å². The van der Waals surface area contributed by atoms with E-state index < -0.39 is 23.5 Å². The predicted octanol–water partition coefficient (Wildman–Crippen LogP) is 3.71. The molecule has 0 saturated heterocycles. The van der Waals surface area contributed by atoms with Crippen molar-refractivity contribution in [1.82, 2.24) is 14.5 Å². The van der Waals surface area contributed by atoms with Crippen LogP contribution in [0.3, 0.4) is 0 Å². The van der Waals surface area contributed by atoms with E-state index in [1.807, 2.05) is 10.8 Å². The fraction of sp³-hybridized carbons (Fsp3) is 0.208. The summed E-state index contributed by atoms with van der Waals surface area (Å²) in [5.74, 6) is -1.04. The van der Waals surface area contributed by atoms with Gasteiger partial charge in [0, 0.05) is 25.5 Å². The van der Waals surface area contributed by atoms with Crippen LogP contribution in [0.15, 0.2) is 89.8 Å². The molecule has 1 atom stereocenters. The van der Waals surface area contributed by atoms with Crippen LogP contribution in [0.4, 0.5) is 0 Å². The van der Waals surface area contributed by atoms with Crippen molar-refractivity contribution in [1.29, 1.82) is 0 Å². The number of hydrogen-bond acceptors (Lipinski definition) is 6. The first-order valence-electron chi connectivity index (χ1n) is 10.2. The van der Waals surface area contributed by atoms with Crippen LogP contribution in [0.5, 0.6) is 5.75 Å². The van der Waals surface area contributed by atoms with Crippen molar-refractivity contribution in [2.24, 2.45) is 0 Å². The number of aliphatic hydroxyl groups excluding tert-OH is 1. The van der Waals surface area contributed by atoms with Crippen LogP contribution >= 0.6 is 0 Å². The number of furan rings is 1. The maximum atomic E-state index is 13.2. The van der Waals surface area contributed by atoms with Crippen molar-refractivity contribution in [3.8, 4) is 5.75 Å². The Morgan fingerprint density at radius 2 is 2.16 bits per heavy atom. The van der Waals surface area contributed by atoms with Gasteiger partial charge >= 0.3 is 0 Å². The second kappa shape index (κ2) is 9.38. The molecular formula is C24H23N3O5. The first-order chi connectivity index (χ1) is 15.6. The highest BCUT2D eigenvalue weighted by molar-refractivity contribution is 6.15. The molecule has 1 amide bonds. The van der Waals surface area contributed by atoms with Crippen LogP contribution in [0, 0.1) is 0 Å². The van der Waals surface area contributed by atoms with Gasteiger partial charge in [-0.25, -0.2) is 4.98 Å². The van der Waals surface area contributed by atoms with E-state index in [2.05, 4.69) is 11.6 Å². The topological polar surface area (TPSA) is 97.8 Å². The van der Waals surface area contributed by atoms with E-state index in [1.54, 1.807) is 48.9 Å². The Morgan fingerprint density at radius 3 is 2.88 bits per heavy atom. The molecule has 0 spiro atoms. The van der Waals surface area contributed by atoms with Crippen molar-refractivity contribution >= 4 is 11.7 Å². The molecule has 0 saturated carbocycles. The third-order valence-electron chi connectivity index (χ3n) is 5.21. The average Bonchev–Trinajstić information content (AvgIpc) is 3.56. The molecular weight excluding hydrogens is 410 g/mol. The highest BCUT2D eigenvalue weighted by Crippen LogP contribution is 2.40. The van der Waals surface area contributed by atoms with Gasteiger partial charge in [0.15, 0.2) is 11.5 Å². The second-order valence-electron chi connectivity index (χ2n) is 7.30. The molecule has 0 fully saturated rings. The molecule has 1 aromatic carbocycles.